The van der Waals surface area contributed by atoms with Gasteiger partial charge in [0.15, 0.2) is 0 Å². The van der Waals surface area contributed by atoms with E-state index in [9.17, 15) is 4.39 Å². The number of hydrogen-bond acceptors (Lipinski definition) is 2. The minimum absolute atomic E-state index is 0.0335. The molecule has 3 heteroatoms. The fourth-order valence-electron chi connectivity index (χ4n) is 2.62. The molecule has 2 rings (SSSR count). The molecule has 0 bridgehead atoms. The van der Waals surface area contributed by atoms with Crippen LogP contribution in [0.2, 0.25) is 0 Å². The summed E-state index contributed by atoms with van der Waals surface area (Å²) >= 11 is 0. The Bertz CT molecular complexity index is 392. The van der Waals surface area contributed by atoms with Gasteiger partial charge in [0.05, 0.1) is 5.60 Å². The Morgan fingerprint density at radius 2 is 2.11 bits per heavy atom. The lowest BCUT2D eigenvalue weighted by atomic mass is 9.90. The summed E-state index contributed by atoms with van der Waals surface area (Å²) in [6, 6.07) is 7.31. The maximum absolute atomic E-state index is 12.8. The molecule has 0 saturated carbocycles. The van der Waals surface area contributed by atoms with Crippen LogP contribution in [0.4, 0.5) is 4.39 Å². The fourth-order valence-corrected chi connectivity index (χ4v) is 2.62. The van der Waals surface area contributed by atoms with Gasteiger partial charge in [-0.1, -0.05) is 19.1 Å². The smallest absolute Gasteiger partial charge is 0.123 e. The molecule has 1 N–H and O–H groups in total. The number of ether oxygens (including phenoxy) is 1. The van der Waals surface area contributed by atoms with Gasteiger partial charge in [-0.25, -0.2) is 4.39 Å². The summed E-state index contributed by atoms with van der Waals surface area (Å²) < 4.78 is 18.6. The molecule has 1 aromatic rings. The summed E-state index contributed by atoms with van der Waals surface area (Å²) in [6.07, 6.45) is 4.16. The molecule has 2 nitrogen and oxygen atoms in total. The van der Waals surface area contributed by atoms with E-state index in [0.717, 1.165) is 38.8 Å². The SMILES string of the molecule is CCC1(C)CC(NCCc2ccc(F)cc2)CCO1. The van der Waals surface area contributed by atoms with E-state index in [1.54, 1.807) is 0 Å². The molecule has 1 aromatic carbocycles. The summed E-state index contributed by atoms with van der Waals surface area (Å²) in [4.78, 5) is 0. The molecule has 0 aromatic heterocycles. The zero-order valence-electron chi connectivity index (χ0n) is 11.9. The minimum Gasteiger partial charge on any atom is -0.375 e. The Balaban J connectivity index is 1.75. The van der Waals surface area contributed by atoms with Crippen LogP contribution in [0, 0.1) is 5.82 Å². The number of benzene rings is 1. The van der Waals surface area contributed by atoms with Gasteiger partial charge in [0.1, 0.15) is 5.82 Å². The molecule has 1 fully saturated rings. The van der Waals surface area contributed by atoms with Crippen molar-refractivity contribution >= 4 is 0 Å². The molecular formula is C16H24FNO. The van der Waals surface area contributed by atoms with Gasteiger partial charge >= 0.3 is 0 Å². The monoisotopic (exact) mass is 265 g/mol. The van der Waals surface area contributed by atoms with Crippen molar-refractivity contribution in [3.05, 3.63) is 35.6 Å². The first-order valence-electron chi connectivity index (χ1n) is 7.23. The van der Waals surface area contributed by atoms with Crippen LogP contribution in [0.25, 0.3) is 0 Å². The van der Waals surface area contributed by atoms with Gasteiger partial charge in [0.25, 0.3) is 0 Å². The second-order valence-electron chi connectivity index (χ2n) is 5.67. The summed E-state index contributed by atoms with van der Waals surface area (Å²) in [5.74, 6) is -0.167. The third-order valence-electron chi connectivity index (χ3n) is 4.10. The summed E-state index contributed by atoms with van der Waals surface area (Å²) in [7, 11) is 0. The molecular weight excluding hydrogens is 241 g/mol. The average molecular weight is 265 g/mol. The molecule has 0 amide bonds. The van der Waals surface area contributed by atoms with Crippen LogP contribution in [-0.2, 0) is 11.2 Å². The molecule has 19 heavy (non-hydrogen) atoms. The standard InChI is InChI=1S/C16H24FNO/c1-3-16(2)12-15(9-11-19-16)18-10-8-13-4-6-14(17)7-5-13/h4-7,15,18H,3,8-12H2,1-2H3. The molecule has 1 heterocycles. The van der Waals surface area contributed by atoms with Crippen molar-refractivity contribution in [2.75, 3.05) is 13.2 Å². The molecule has 0 radical (unpaired) electrons. The van der Waals surface area contributed by atoms with Crippen LogP contribution in [0.3, 0.4) is 0 Å². The molecule has 2 atom stereocenters. The molecule has 1 aliphatic rings. The van der Waals surface area contributed by atoms with E-state index in [2.05, 4.69) is 19.2 Å². The summed E-state index contributed by atoms with van der Waals surface area (Å²) in [5, 5.41) is 3.60. The van der Waals surface area contributed by atoms with Crippen molar-refractivity contribution in [1.82, 2.24) is 5.32 Å². The zero-order valence-corrected chi connectivity index (χ0v) is 11.9. The fraction of sp³-hybridized carbons (Fsp3) is 0.625. The number of rotatable bonds is 5. The van der Waals surface area contributed by atoms with E-state index < -0.39 is 0 Å². The number of nitrogens with one attached hydrogen (secondary N) is 1. The Morgan fingerprint density at radius 1 is 1.37 bits per heavy atom. The second-order valence-corrected chi connectivity index (χ2v) is 5.67. The van der Waals surface area contributed by atoms with Gasteiger partial charge in [-0.2, -0.15) is 0 Å². The normalized spacial score (nSPS) is 27.4. The Kier molecular flexibility index (Phi) is 4.94. The van der Waals surface area contributed by atoms with Crippen LogP contribution >= 0.6 is 0 Å². The summed E-state index contributed by atoms with van der Waals surface area (Å²) in [5.41, 5.74) is 1.21. The van der Waals surface area contributed by atoms with Crippen LogP contribution in [0.1, 0.15) is 38.7 Å². The summed E-state index contributed by atoms with van der Waals surface area (Å²) in [6.45, 7) is 6.16. The van der Waals surface area contributed by atoms with Gasteiger partial charge in [-0.3, -0.25) is 0 Å². The van der Waals surface area contributed by atoms with Gasteiger partial charge < -0.3 is 10.1 Å². The quantitative estimate of drug-likeness (QED) is 0.882. The Labute approximate surface area is 115 Å². The number of hydrogen-bond donors (Lipinski definition) is 1. The Hall–Kier alpha value is -0.930. The van der Waals surface area contributed by atoms with E-state index in [1.165, 1.54) is 17.7 Å². The molecule has 0 spiro atoms. The zero-order chi connectivity index (χ0) is 13.7. The van der Waals surface area contributed by atoms with Gasteiger partial charge in [-0.15, -0.1) is 0 Å². The van der Waals surface area contributed by atoms with E-state index in [0.29, 0.717) is 6.04 Å². The van der Waals surface area contributed by atoms with Gasteiger partial charge in [0.2, 0.25) is 0 Å². The lowest BCUT2D eigenvalue weighted by Gasteiger charge is -2.38. The highest BCUT2D eigenvalue weighted by Crippen LogP contribution is 2.27. The van der Waals surface area contributed by atoms with Crippen molar-refractivity contribution in [3.63, 3.8) is 0 Å². The number of halogens is 1. The molecule has 1 aliphatic heterocycles. The highest BCUT2D eigenvalue weighted by Gasteiger charge is 2.31. The molecule has 1 saturated heterocycles. The third-order valence-corrected chi connectivity index (χ3v) is 4.10. The van der Waals surface area contributed by atoms with Crippen molar-refractivity contribution in [2.24, 2.45) is 0 Å². The van der Waals surface area contributed by atoms with Gasteiger partial charge in [-0.05, 0) is 56.8 Å². The lowest BCUT2D eigenvalue weighted by Crippen LogP contribution is -2.45. The predicted molar refractivity (Wildman–Crippen MR) is 75.8 cm³/mol. The maximum Gasteiger partial charge on any atom is 0.123 e. The van der Waals surface area contributed by atoms with Crippen LogP contribution < -0.4 is 5.32 Å². The lowest BCUT2D eigenvalue weighted by molar-refractivity contribution is -0.0778. The molecule has 106 valence electrons. The first kappa shape index (κ1) is 14.5. The van der Waals surface area contributed by atoms with Crippen molar-refractivity contribution in [1.29, 1.82) is 0 Å². The van der Waals surface area contributed by atoms with Crippen LogP contribution in [-0.4, -0.2) is 24.8 Å². The first-order chi connectivity index (χ1) is 9.11. The van der Waals surface area contributed by atoms with Gasteiger partial charge in [0, 0.05) is 12.6 Å². The Morgan fingerprint density at radius 3 is 2.79 bits per heavy atom. The van der Waals surface area contributed by atoms with Crippen LogP contribution in [0.5, 0.6) is 0 Å². The predicted octanol–water partition coefficient (Wildman–Crippen LogP) is 3.31. The van der Waals surface area contributed by atoms with E-state index in [4.69, 9.17) is 4.74 Å². The highest BCUT2D eigenvalue weighted by atomic mass is 19.1. The first-order valence-corrected chi connectivity index (χ1v) is 7.23. The van der Waals surface area contributed by atoms with E-state index in [-0.39, 0.29) is 11.4 Å². The average Bonchev–Trinajstić information content (AvgIpc) is 2.41. The van der Waals surface area contributed by atoms with E-state index >= 15 is 0 Å². The molecule has 2 unspecified atom stereocenters. The van der Waals surface area contributed by atoms with E-state index in [1.807, 2.05) is 12.1 Å². The third kappa shape index (κ3) is 4.29. The van der Waals surface area contributed by atoms with Crippen molar-refractivity contribution < 1.29 is 9.13 Å². The van der Waals surface area contributed by atoms with Crippen molar-refractivity contribution in [3.8, 4) is 0 Å². The van der Waals surface area contributed by atoms with Crippen LogP contribution in [0.15, 0.2) is 24.3 Å². The molecule has 0 aliphatic carbocycles. The largest absolute Gasteiger partial charge is 0.375 e. The topological polar surface area (TPSA) is 21.3 Å². The maximum atomic E-state index is 12.8. The van der Waals surface area contributed by atoms with Crippen molar-refractivity contribution in [2.45, 2.75) is 51.2 Å². The highest BCUT2D eigenvalue weighted by molar-refractivity contribution is 5.16. The minimum atomic E-state index is -0.167. The second kappa shape index (κ2) is 6.49.